The van der Waals surface area contributed by atoms with Gasteiger partial charge in [-0.15, -0.1) is 0 Å². The van der Waals surface area contributed by atoms with E-state index < -0.39 is 5.97 Å². The highest BCUT2D eigenvalue weighted by Gasteiger charge is 2.14. The fourth-order valence-electron chi connectivity index (χ4n) is 1.85. The van der Waals surface area contributed by atoms with E-state index in [-0.39, 0.29) is 11.4 Å². The van der Waals surface area contributed by atoms with Crippen LogP contribution in [0.15, 0.2) is 28.9 Å². The van der Waals surface area contributed by atoms with Gasteiger partial charge in [0, 0.05) is 24.6 Å². The smallest absolute Gasteiger partial charge is 0.339 e. The molecule has 5 nitrogen and oxygen atoms in total. The summed E-state index contributed by atoms with van der Waals surface area (Å²) in [5, 5.41) is 16.0. The predicted octanol–water partition coefficient (Wildman–Crippen LogP) is 2.31. The Labute approximate surface area is 123 Å². The van der Waals surface area contributed by atoms with Crippen molar-refractivity contribution in [2.45, 2.75) is 13.1 Å². The van der Waals surface area contributed by atoms with Crippen LogP contribution in [0.3, 0.4) is 0 Å². The maximum absolute atomic E-state index is 13.1. The lowest BCUT2D eigenvalue weighted by Gasteiger charge is -2.08. The Morgan fingerprint density at radius 3 is 2.95 bits per heavy atom. The van der Waals surface area contributed by atoms with Crippen LogP contribution in [0.25, 0.3) is 0 Å². The summed E-state index contributed by atoms with van der Waals surface area (Å²) in [6.45, 7) is 0.754. The van der Waals surface area contributed by atoms with Crippen molar-refractivity contribution in [2.24, 2.45) is 7.05 Å². The average Bonchev–Trinajstić information content (AvgIpc) is 2.75. The third-order valence-corrected chi connectivity index (χ3v) is 3.68. The van der Waals surface area contributed by atoms with E-state index in [1.54, 1.807) is 13.1 Å². The number of aromatic carboxylic acids is 1. The topological polar surface area (TPSA) is 67.2 Å². The molecule has 0 saturated heterocycles. The van der Waals surface area contributed by atoms with Crippen molar-refractivity contribution in [3.63, 3.8) is 0 Å². The number of hydrogen-bond donors (Lipinski definition) is 2. The van der Waals surface area contributed by atoms with E-state index in [0.29, 0.717) is 18.8 Å². The molecule has 1 aromatic carbocycles. The minimum absolute atomic E-state index is 0.165. The van der Waals surface area contributed by atoms with Crippen LogP contribution in [-0.2, 0) is 20.1 Å². The Balaban J connectivity index is 2.05. The van der Waals surface area contributed by atoms with Crippen LogP contribution in [0.2, 0.25) is 0 Å². The van der Waals surface area contributed by atoms with Crippen LogP contribution in [0.4, 0.5) is 4.39 Å². The van der Waals surface area contributed by atoms with Crippen LogP contribution >= 0.6 is 15.9 Å². The highest BCUT2D eigenvalue weighted by Crippen LogP contribution is 2.17. The second-order valence-electron chi connectivity index (χ2n) is 4.27. The molecule has 2 N–H and O–H groups in total. The molecule has 0 atom stereocenters. The lowest BCUT2D eigenvalue weighted by molar-refractivity contribution is 0.0695. The average molecular weight is 342 g/mol. The first-order chi connectivity index (χ1) is 9.49. The Kier molecular flexibility index (Phi) is 4.51. The number of nitrogens with one attached hydrogen (secondary N) is 1. The zero-order valence-electron chi connectivity index (χ0n) is 10.7. The zero-order chi connectivity index (χ0) is 14.7. The van der Waals surface area contributed by atoms with Crippen LogP contribution in [0.1, 0.15) is 21.6 Å². The zero-order valence-corrected chi connectivity index (χ0v) is 12.3. The minimum Gasteiger partial charge on any atom is -0.478 e. The molecule has 0 unspecified atom stereocenters. The Bertz CT molecular complexity index is 643. The molecule has 0 amide bonds. The number of nitrogens with zero attached hydrogens (tertiary/aromatic N) is 2. The first kappa shape index (κ1) is 14.7. The number of carboxylic acids is 1. The van der Waals surface area contributed by atoms with E-state index in [9.17, 15) is 9.18 Å². The third-order valence-electron chi connectivity index (χ3n) is 2.91. The van der Waals surface area contributed by atoms with Crippen molar-refractivity contribution in [3.8, 4) is 0 Å². The van der Waals surface area contributed by atoms with Crippen molar-refractivity contribution in [1.29, 1.82) is 0 Å². The van der Waals surface area contributed by atoms with Gasteiger partial charge in [-0.1, -0.05) is 15.9 Å². The Hall–Kier alpha value is -1.73. The summed E-state index contributed by atoms with van der Waals surface area (Å²) in [7, 11) is 1.68. The van der Waals surface area contributed by atoms with E-state index in [4.69, 9.17) is 5.11 Å². The maximum Gasteiger partial charge on any atom is 0.339 e. The van der Waals surface area contributed by atoms with Crippen LogP contribution in [0, 0.1) is 5.82 Å². The van der Waals surface area contributed by atoms with Crippen LogP contribution in [-0.4, -0.2) is 20.9 Å². The number of halogens is 2. The molecular weight excluding hydrogens is 329 g/mol. The van der Waals surface area contributed by atoms with Gasteiger partial charge in [0.15, 0.2) is 0 Å². The maximum atomic E-state index is 13.1. The number of aryl methyl sites for hydroxylation is 1. The normalized spacial score (nSPS) is 10.8. The first-order valence-electron chi connectivity index (χ1n) is 5.88. The van der Waals surface area contributed by atoms with Crippen molar-refractivity contribution >= 4 is 21.9 Å². The molecule has 1 heterocycles. The molecule has 7 heteroatoms. The van der Waals surface area contributed by atoms with Crippen LogP contribution < -0.4 is 5.32 Å². The van der Waals surface area contributed by atoms with Crippen molar-refractivity contribution in [3.05, 3.63) is 51.5 Å². The molecular formula is C13H13BrFN3O2. The molecule has 0 fully saturated rings. The molecule has 0 spiro atoms. The van der Waals surface area contributed by atoms with Crippen LogP contribution in [0.5, 0.6) is 0 Å². The second-order valence-corrected chi connectivity index (χ2v) is 5.13. The number of rotatable bonds is 5. The summed E-state index contributed by atoms with van der Waals surface area (Å²) in [6.07, 6.45) is 1.32. The predicted molar refractivity (Wildman–Crippen MR) is 74.8 cm³/mol. The van der Waals surface area contributed by atoms with Gasteiger partial charge in [-0.05, 0) is 23.8 Å². The van der Waals surface area contributed by atoms with Crippen molar-refractivity contribution in [2.75, 3.05) is 0 Å². The fraction of sp³-hybridized carbons (Fsp3) is 0.231. The summed E-state index contributed by atoms with van der Waals surface area (Å²) in [5.74, 6) is -1.32. The van der Waals surface area contributed by atoms with Gasteiger partial charge in [0.2, 0.25) is 0 Å². The minimum atomic E-state index is -1.01. The van der Waals surface area contributed by atoms with Gasteiger partial charge < -0.3 is 10.4 Å². The molecule has 0 bridgehead atoms. The molecule has 2 aromatic rings. The number of carboxylic acid groups (broad SMARTS) is 1. The van der Waals surface area contributed by atoms with Gasteiger partial charge in [-0.2, -0.15) is 5.10 Å². The summed E-state index contributed by atoms with van der Waals surface area (Å²) in [6, 6.07) is 4.44. The molecule has 2 rings (SSSR count). The largest absolute Gasteiger partial charge is 0.478 e. The van der Waals surface area contributed by atoms with Gasteiger partial charge in [0.1, 0.15) is 11.4 Å². The highest BCUT2D eigenvalue weighted by molar-refractivity contribution is 9.10. The fourth-order valence-corrected chi connectivity index (χ4v) is 2.23. The lowest BCUT2D eigenvalue weighted by Crippen LogP contribution is -2.18. The molecule has 0 aliphatic carbocycles. The summed E-state index contributed by atoms with van der Waals surface area (Å²) in [4.78, 5) is 11.0. The standard InChI is InChI=1S/C13H13BrFN3O2/c1-18-12(10(6-17-18)13(19)20)7-16-5-8-4-9(15)2-3-11(8)14/h2-4,6,16H,5,7H2,1H3,(H,19,20). The molecule has 0 aliphatic heterocycles. The Morgan fingerprint density at radius 1 is 1.50 bits per heavy atom. The number of carbonyl (C=O) groups is 1. The van der Waals surface area contributed by atoms with Gasteiger partial charge in [0.05, 0.1) is 11.9 Å². The molecule has 20 heavy (non-hydrogen) atoms. The summed E-state index contributed by atoms with van der Waals surface area (Å²) in [5.41, 5.74) is 1.51. The van der Waals surface area contributed by atoms with E-state index >= 15 is 0 Å². The number of hydrogen-bond acceptors (Lipinski definition) is 3. The molecule has 0 saturated carbocycles. The lowest BCUT2D eigenvalue weighted by atomic mass is 10.2. The van der Waals surface area contributed by atoms with E-state index in [1.165, 1.54) is 23.0 Å². The highest BCUT2D eigenvalue weighted by atomic mass is 79.9. The third kappa shape index (κ3) is 3.23. The Morgan fingerprint density at radius 2 is 2.25 bits per heavy atom. The molecule has 0 radical (unpaired) electrons. The number of aromatic nitrogens is 2. The molecule has 106 valence electrons. The van der Waals surface area contributed by atoms with E-state index in [2.05, 4.69) is 26.3 Å². The summed E-state index contributed by atoms with van der Waals surface area (Å²) < 4.78 is 15.5. The summed E-state index contributed by atoms with van der Waals surface area (Å²) >= 11 is 3.34. The number of benzene rings is 1. The molecule has 0 aliphatic rings. The van der Waals surface area contributed by atoms with Gasteiger partial charge in [0.25, 0.3) is 0 Å². The van der Waals surface area contributed by atoms with Gasteiger partial charge in [-0.25, -0.2) is 9.18 Å². The quantitative estimate of drug-likeness (QED) is 0.875. The van der Waals surface area contributed by atoms with Crippen molar-refractivity contribution < 1.29 is 14.3 Å². The van der Waals surface area contributed by atoms with Gasteiger partial charge in [-0.3, -0.25) is 4.68 Å². The molecule has 1 aromatic heterocycles. The monoisotopic (exact) mass is 341 g/mol. The van der Waals surface area contributed by atoms with E-state index in [1.807, 2.05) is 0 Å². The second kappa shape index (κ2) is 6.15. The SMILES string of the molecule is Cn1ncc(C(=O)O)c1CNCc1cc(F)ccc1Br. The first-order valence-corrected chi connectivity index (χ1v) is 6.67. The van der Waals surface area contributed by atoms with E-state index in [0.717, 1.165) is 10.0 Å². The van der Waals surface area contributed by atoms with Gasteiger partial charge >= 0.3 is 5.97 Å². The van der Waals surface area contributed by atoms with Crippen molar-refractivity contribution in [1.82, 2.24) is 15.1 Å².